The van der Waals surface area contributed by atoms with E-state index in [0.29, 0.717) is 19.6 Å². The zero-order chi connectivity index (χ0) is 12.2. The average molecular weight is 226 g/mol. The Morgan fingerprint density at radius 2 is 2.19 bits per heavy atom. The van der Waals surface area contributed by atoms with Gasteiger partial charge in [-0.1, -0.05) is 0 Å². The maximum atomic E-state index is 10.0. The Labute approximate surface area is 97.2 Å². The van der Waals surface area contributed by atoms with Gasteiger partial charge in [-0.3, -0.25) is 0 Å². The van der Waals surface area contributed by atoms with Crippen LogP contribution in [0.5, 0.6) is 0 Å². The summed E-state index contributed by atoms with van der Waals surface area (Å²) in [5.41, 5.74) is 0.420. The van der Waals surface area contributed by atoms with Gasteiger partial charge in [0.25, 0.3) is 0 Å². The van der Waals surface area contributed by atoms with Crippen molar-refractivity contribution >= 4 is 0 Å². The van der Waals surface area contributed by atoms with E-state index >= 15 is 0 Å². The van der Waals surface area contributed by atoms with Crippen LogP contribution in [0.25, 0.3) is 0 Å². The van der Waals surface area contributed by atoms with Gasteiger partial charge in [-0.25, -0.2) is 0 Å². The molecule has 1 aromatic heterocycles. The quantitative estimate of drug-likeness (QED) is 0.759. The zero-order valence-corrected chi connectivity index (χ0v) is 10.6. The van der Waals surface area contributed by atoms with Crippen LogP contribution in [-0.2, 0) is 6.54 Å². The maximum absolute atomic E-state index is 10.0. The molecule has 0 aliphatic heterocycles. The second-order valence-electron chi connectivity index (χ2n) is 4.87. The van der Waals surface area contributed by atoms with Crippen molar-refractivity contribution in [3.05, 3.63) is 23.7 Å². The molecule has 1 atom stereocenters. The lowest BCUT2D eigenvalue weighted by molar-refractivity contribution is 0.0332. The number of rotatable bonds is 6. The van der Waals surface area contributed by atoms with E-state index in [1.54, 1.807) is 6.26 Å². The van der Waals surface area contributed by atoms with Crippen molar-refractivity contribution in [2.45, 2.75) is 26.0 Å². The topological polar surface area (TPSA) is 48.6 Å². The summed E-state index contributed by atoms with van der Waals surface area (Å²) in [6, 6.07) is 1.94. The molecular formula is C12H22N2O2. The van der Waals surface area contributed by atoms with E-state index in [1.807, 2.05) is 38.9 Å². The number of aliphatic hydroxyl groups is 1. The number of aryl methyl sites for hydroxylation is 1. The van der Waals surface area contributed by atoms with Gasteiger partial charge in [0, 0.05) is 13.1 Å². The predicted octanol–water partition coefficient (Wildman–Crippen LogP) is 0.990. The van der Waals surface area contributed by atoms with Gasteiger partial charge < -0.3 is 19.7 Å². The van der Waals surface area contributed by atoms with E-state index in [4.69, 9.17) is 4.42 Å². The minimum Gasteiger partial charge on any atom is -0.468 e. The fraction of sp³-hybridized carbons (Fsp3) is 0.667. The highest BCUT2D eigenvalue weighted by atomic mass is 16.3. The molecule has 0 amide bonds. The first-order valence-electron chi connectivity index (χ1n) is 5.51. The molecule has 0 saturated carbocycles. The molecule has 4 heteroatoms. The third-order valence-electron chi connectivity index (χ3n) is 2.42. The van der Waals surface area contributed by atoms with E-state index in [1.165, 1.54) is 0 Å². The SMILES string of the molecule is Cc1ccoc1CNCC(C)(O)CN(C)C. The molecule has 0 spiro atoms. The Morgan fingerprint density at radius 1 is 1.50 bits per heavy atom. The second-order valence-corrected chi connectivity index (χ2v) is 4.87. The predicted molar refractivity (Wildman–Crippen MR) is 64.3 cm³/mol. The Morgan fingerprint density at radius 3 is 2.69 bits per heavy atom. The van der Waals surface area contributed by atoms with Crippen molar-refractivity contribution in [1.82, 2.24) is 10.2 Å². The fourth-order valence-corrected chi connectivity index (χ4v) is 1.77. The van der Waals surface area contributed by atoms with E-state index in [-0.39, 0.29) is 0 Å². The van der Waals surface area contributed by atoms with Gasteiger partial charge in [0.15, 0.2) is 0 Å². The molecule has 4 nitrogen and oxygen atoms in total. The number of hydrogen-bond acceptors (Lipinski definition) is 4. The summed E-state index contributed by atoms with van der Waals surface area (Å²) in [6.07, 6.45) is 1.68. The minimum atomic E-state index is -0.718. The van der Waals surface area contributed by atoms with Crippen LogP contribution in [0.1, 0.15) is 18.2 Å². The molecule has 2 N–H and O–H groups in total. The van der Waals surface area contributed by atoms with Gasteiger partial charge in [-0.2, -0.15) is 0 Å². The standard InChI is InChI=1S/C12H22N2O2/c1-10-5-6-16-11(10)7-13-8-12(2,15)9-14(3)4/h5-6,13,15H,7-9H2,1-4H3. The fourth-order valence-electron chi connectivity index (χ4n) is 1.77. The summed E-state index contributed by atoms with van der Waals surface area (Å²) >= 11 is 0. The largest absolute Gasteiger partial charge is 0.468 e. The number of likely N-dealkylation sites (N-methyl/N-ethyl adjacent to an activating group) is 1. The Hall–Kier alpha value is -0.840. The van der Waals surface area contributed by atoms with Crippen molar-refractivity contribution in [3.63, 3.8) is 0 Å². The maximum Gasteiger partial charge on any atom is 0.120 e. The molecular weight excluding hydrogens is 204 g/mol. The highest BCUT2D eigenvalue weighted by molar-refractivity contribution is 5.14. The summed E-state index contributed by atoms with van der Waals surface area (Å²) in [4.78, 5) is 1.97. The Bertz CT molecular complexity index is 319. The number of nitrogens with zero attached hydrogens (tertiary/aromatic N) is 1. The first-order valence-corrected chi connectivity index (χ1v) is 5.51. The number of furan rings is 1. The normalized spacial score (nSPS) is 15.4. The third kappa shape index (κ3) is 4.35. The van der Waals surface area contributed by atoms with Crippen molar-refractivity contribution in [1.29, 1.82) is 0 Å². The van der Waals surface area contributed by atoms with E-state index in [9.17, 15) is 5.11 Å². The van der Waals surface area contributed by atoms with Gasteiger partial charge in [0.05, 0.1) is 18.4 Å². The van der Waals surface area contributed by atoms with Gasteiger partial charge in [0.1, 0.15) is 5.76 Å². The van der Waals surface area contributed by atoms with Crippen molar-refractivity contribution in [2.75, 3.05) is 27.2 Å². The minimum absolute atomic E-state index is 0.547. The van der Waals surface area contributed by atoms with E-state index in [2.05, 4.69) is 5.32 Å². The van der Waals surface area contributed by atoms with Gasteiger partial charge in [-0.05, 0) is 39.6 Å². The van der Waals surface area contributed by atoms with E-state index < -0.39 is 5.60 Å². The lowest BCUT2D eigenvalue weighted by Crippen LogP contribution is -2.45. The molecule has 0 fully saturated rings. The second kappa shape index (κ2) is 5.48. The summed E-state index contributed by atoms with van der Waals surface area (Å²) in [5, 5.41) is 13.3. The summed E-state index contributed by atoms with van der Waals surface area (Å²) in [5.74, 6) is 0.931. The van der Waals surface area contributed by atoms with Crippen LogP contribution in [0.3, 0.4) is 0 Å². The molecule has 92 valence electrons. The molecule has 1 rings (SSSR count). The Balaban J connectivity index is 2.32. The third-order valence-corrected chi connectivity index (χ3v) is 2.42. The lowest BCUT2D eigenvalue weighted by atomic mass is 10.1. The highest BCUT2D eigenvalue weighted by Gasteiger charge is 2.20. The molecule has 0 aliphatic carbocycles. The van der Waals surface area contributed by atoms with Crippen LogP contribution in [0.15, 0.2) is 16.7 Å². The lowest BCUT2D eigenvalue weighted by Gasteiger charge is -2.27. The molecule has 1 unspecified atom stereocenters. The Kier molecular flexibility index (Phi) is 4.53. The first-order chi connectivity index (χ1) is 7.41. The smallest absolute Gasteiger partial charge is 0.120 e. The van der Waals surface area contributed by atoms with Crippen molar-refractivity contribution < 1.29 is 9.52 Å². The number of nitrogens with one attached hydrogen (secondary N) is 1. The van der Waals surface area contributed by atoms with Gasteiger partial charge >= 0.3 is 0 Å². The highest BCUT2D eigenvalue weighted by Crippen LogP contribution is 2.09. The van der Waals surface area contributed by atoms with Crippen LogP contribution in [0.4, 0.5) is 0 Å². The summed E-state index contributed by atoms with van der Waals surface area (Å²) in [7, 11) is 3.90. The average Bonchev–Trinajstić information content (AvgIpc) is 2.49. The zero-order valence-electron chi connectivity index (χ0n) is 10.6. The molecule has 0 aromatic carbocycles. The summed E-state index contributed by atoms with van der Waals surface area (Å²) < 4.78 is 5.31. The van der Waals surface area contributed by atoms with Crippen LogP contribution in [0, 0.1) is 6.92 Å². The van der Waals surface area contributed by atoms with Gasteiger partial charge in [0.2, 0.25) is 0 Å². The molecule has 0 saturated heterocycles. The molecule has 1 heterocycles. The number of hydrogen-bond donors (Lipinski definition) is 2. The van der Waals surface area contributed by atoms with Crippen molar-refractivity contribution in [3.8, 4) is 0 Å². The van der Waals surface area contributed by atoms with Crippen LogP contribution < -0.4 is 5.32 Å². The molecule has 0 aliphatic rings. The molecule has 0 bridgehead atoms. The summed E-state index contributed by atoms with van der Waals surface area (Å²) in [6.45, 7) is 5.68. The van der Waals surface area contributed by atoms with Crippen LogP contribution >= 0.6 is 0 Å². The van der Waals surface area contributed by atoms with Crippen LogP contribution in [-0.4, -0.2) is 42.8 Å². The van der Waals surface area contributed by atoms with Crippen molar-refractivity contribution in [2.24, 2.45) is 0 Å². The first kappa shape index (κ1) is 13.2. The van der Waals surface area contributed by atoms with E-state index in [0.717, 1.165) is 11.3 Å². The van der Waals surface area contributed by atoms with Crippen LogP contribution in [0.2, 0.25) is 0 Å². The molecule has 1 aromatic rings. The monoisotopic (exact) mass is 226 g/mol. The molecule has 0 radical (unpaired) electrons. The van der Waals surface area contributed by atoms with Gasteiger partial charge in [-0.15, -0.1) is 0 Å². The molecule has 16 heavy (non-hydrogen) atoms.